The summed E-state index contributed by atoms with van der Waals surface area (Å²) in [6, 6.07) is 0. The summed E-state index contributed by atoms with van der Waals surface area (Å²) in [7, 11) is 0. The maximum absolute atomic E-state index is 11.7. The Morgan fingerprint density at radius 3 is 2.60 bits per heavy atom. The second-order valence-electron chi connectivity index (χ2n) is 3.25. The first kappa shape index (κ1) is 11.1. The summed E-state index contributed by atoms with van der Waals surface area (Å²) >= 11 is 12.5. The van der Waals surface area contributed by atoms with E-state index in [1.807, 2.05) is 5.01 Å². The lowest BCUT2D eigenvalue weighted by Crippen LogP contribution is -2.39. The Labute approximate surface area is 101 Å². The van der Waals surface area contributed by atoms with Crippen LogP contribution in [0.25, 0.3) is 0 Å². The van der Waals surface area contributed by atoms with Gasteiger partial charge >= 0.3 is 0 Å². The quantitative estimate of drug-likeness (QED) is 0.892. The van der Waals surface area contributed by atoms with Crippen LogP contribution in [-0.2, 0) is 0 Å². The van der Waals surface area contributed by atoms with Crippen molar-refractivity contribution in [3.05, 3.63) is 15.1 Å². The number of hydrogen-bond acceptors (Lipinski definition) is 4. The Morgan fingerprint density at radius 1 is 1.40 bits per heavy atom. The summed E-state index contributed by atoms with van der Waals surface area (Å²) in [5, 5.41) is 2.30. The Hall–Kier alpha value is -0.360. The number of nitrogens with one attached hydrogen (secondary N) is 1. The van der Waals surface area contributed by atoms with Gasteiger partial charge in [-0.25, -0.2) is 5.01 Å². The van der Waals surface area contributed by atoms with Crippen LogP contribution in [-0.4, -0.2) is 28.4 Å². The van der Waals surface area contributed by atoms with Crippen LogP contribution in [0.2, 0.25) is 10.2 Å². The standard InChI is InChI=1S/C8H9Cl2N3OS/c9-5-6(15-12-7(5)10)8(14)11-13-3-1-2-4-13/h1-4H2,(H,11,14). The second-order valence-corrected chi connectivity index (χ2v) is 4.76. The summed E-state index contributed by atoms with van der Waals surface area (Å²) in [6.45, 7) is 1.77. The molecule has 1 aliphatic heterocycles. The molecule has 1 aliphatic rings. The minimum absolute atomic E-state index is 0.188. The molecule has 2 heterocycles. The molecule has 1 fully saturated rings. The summed E-state index contributed by atoms with van der Waals surface area (Å²) in [5.74, 6) is -0.230. The van der Waals surface area contributed by atoms with Crippen LogP contribution in [0.15, 0.2) is 0 Å². The number of amides is 1. The van der Waals surface area contributed by atoms with Crippen LogP contribution in [0.4, 0.5) is 0 Å². The molecule has 0 saturated carbocycles. The molecule has 1 aromatic rings. The van der Waals surface area contributed by atoms with Crippen molar-refractivity contribution in [1.82, 2.24) is 14.8 Å². The van der Waals surface area contributed by atoms with Crippen molar-refractivity contribution in [2.75, 3.05) is 13.1 Å². The minimum Gasteiger partial charge on any atom is -0.284 e. The lowest BCUT2D eigenvalue weighted by molar-refractivity contribution is 0.0830. The number of nitrogens with zero attached hydrogens (tertiary/aromatic N) is 2. The first-order chi connectivity index (χ1) is 7.18. The van der Waals surface area contributed by atoms with E-state index in [1.165, 1.54) is 0 Å². The number of rotatable bonds is 2. The molecule has 1 aromatic heterocycles. The number of carbonyl (C=O) groups excluding carboxylic acids is 1. The van der Waals surface area contributed by atoms with Crippen LogP contribution in [0.1, 0.15) is 22.5 Å². The largest absolute Gasteiger partial charge is 0.284 e. The molecule has 2 rings (SSSR count). The molecule has 1 saturated heterocycles. The van der Waals surface area contributed by atoms with Crippen molar-refractivity contribution in [3.8, 4) is 0 Å². The van der Waals surface area contributed by atoms with Gasteiger partial charge in [0.25, 0.3) is 5.91 Å². The van der Waals surface area contributed by atoms with Gasteiger partial charge in [0, 0.05) is 13.1 Å². The predicted octanol–water partition coefficient (Wildman–Crippen LogP) is 2.19. The van der Waals surface area contributed by atoms with Gasteiger partial charge < -0.3 is 0 Å². The topological polar surface area (TPSA) is 45.2 Å². The Morgan fingerprint density at radius 2 is 2.07 bits per heavy atom. The molecule has 1 amide bonds. The highest BCUT2D eigenvalue weighted by Crippen LogP contribution is 2.28. The van der Waals surface area contributed by atoms with Gasteiger partial charge in [-0.15, -0.1) is 0 Å². The average Bonchev–Trinajstić information content (AvgIpc) is 2.79. The lowest BCUT2D eigenvalue weighted by atomic mass is 10.4. The first-order valence-electron chi connectivity index (χ1n) is 4.55. The molecule has 82 valence electrons. The number of aromatic nitrogens is 1. The zero-order valence-electron chi connectivity index (χ0n) is 7.80. The van der Waals surface area contributed by atoms with Crippen LogP contribution in [0, 0.1) is 0 Å². The molecule has 0 radical (unpaired) electrons. The second kappa shape index (κ2) is 4.65. The van der Waals surface area contributed by atoms with Gasteiger partial charge in [0.2, 0.25) is 0 Å². The molecule has 15 heavy (non-hydrogen) atoms. The van der Waals surface area contributed by atoms with Gasteiger partial charge in [-0.3, -0.25) is 10.2 Å². The molecule has 0 aliphatic carbocycles. The third kappa shape index (κ3) is 2.42. The normalized spacial score (nSPS) is 16.9. The van der Waals surface area contributed by atoms with E-state index < -0.39 is 0 Å². The molecule has 0 unspecified atom stereocenters. The van der Waals surface area contributed by atoms with Crippen molar-refractivity contribution >= 4 is 40.6 Å². The van der Waals surface area contributed by atoms with E-state index in [0.717, 1.165) is 37.5 Å². The average molecular weight is 266 g/mol. The molecule has 4 nitrogen and oxygen atoms in total. The highest BCUT2D eigenvalue weighted by Gasteiger charge is 2.20. The van der Waals surface area contributed by atoms with Gasteiger partial charge in [-0.2, -0.15) is 4.37 Å². The van der Waals surface area contributed by atoms with Gasteiger partial charge in [0.05, 0.1) is 0 Å². The summed E-state index contributed by atoms with van der Waals surface area (Å²) in [6.07, 6.45) is 2.22. The summed E-state index contributed by atoms with van der Waals surface area (Å²) in [5.41, 5.74) is 2.77. The molecule has 0 aromatic carbocycles. The fourth-order valence-electron chi connectivity index (χ4n) is 1.42. The van der Waals surface area contributed by atoms with Crippen LogP contribution >= 0.6 is 34.7 Å². The Balaban J connectivity index is 2.04. The van der Waals surface area contributed by atoms with E-state index in [9.17, 15) is 4.79 Å². The summed E-state index contributed by atoms with van der Waals surface area (Å²) < 4.78 is 3.81. The van der Waals surface area contributed by atoms with Crippen LogP contribution in [0.5, 0.6) is 0 Å². The number of halogens is 2. The van der Waals surface area contributed by atoms with Crippen molar-refractivity contribution in [2.45, 2.75) is 12.8 Å². The van der Waals surface area contributed by atoms with E-state index in [-0.39, 0.29) is 16.1 Å². The number of hydrogen-bond donors (Lipinski definition) is 1. The van der Waals surface area contributed by atoms with E-state index in [0.29, 0.717) is 4.88 Å². The third-order valence-electron chi connectivity index (χ3n) is 2.17. The first-order valence-corrected chi connectivity index (χ1v) is 6.08. The van der Waals surface area contributed by atoms with Crippen LogP contribution < -0.4 is 5.43 Å². The van der Waals surface area contributed by atoms with Crippen molar-refractivity contribution in [3.63, 3.8) is 0 Å². The third-order valence-corrected chi connectivity index (χ3v) is 3.97. The van der Waals surface area contributed by atoms with E-state index in [4.69, 9.17) is 23.2 Å². The SMILES string of the molecule is O=C(NN1CCCC1)c1snc(Cl)c1Cl. The maximum Gasteiger partial charge on any atom is 0.278 e. The van der Waals surface area contributed by atoms with Crippen LogP contribution in [0.3, 0.4) is 0 Å². The van der Waals surface area contributed by atoms with Crippen molar-refractivity contribution < 1.29 is 4.79 Å². The molecule has 0 bridgehead atoms. The van der Waals surface area contributed by atoms with Gasteiger partial charge in [-0.05, 0) is 24.4 Å². The monoisotopic (exact) mass is 265 g/mol. The molecular weight excluding hydrogens is 257 g/mol. The summed E-state index contributed by atoms with van der Waals surface area (Å²) in [4.78, 5) is 12.1. The van der Waals surface area contributed by atoms with Gasteiger partial charge in [0.15, 0.2) is 5.15 Å². The lowest BCUT2D eigenvalue weighted by Gasteiger charge is -2.15. The zero-order chi connectivity index (χ0) is 10.8. The maximum atomic E-state index is 11.7. The minimum atomic E-state index is -0.230. The fourth-order valence-corrected chi connectivity index (χ4v) is 2.53. The Bertz CT molecular complexity index is 376. The number of carbonyl (C=O) groups is 1. The molecule has 1 N–H and O–H groups in total. The molecular formula is C8H9Cl2N3OS. The Kier molecular flexibility index (Phi) is 3.45. The highest BCUT2D eigenvalue weighted by molar-refractivity contribution is 7.09. The molecule has 7 heteroatoms. The van der Waals surface area contributed by atoms with Gasteiger partial charge in [0.1, 0.15) is 9.90 Å². The zero-order valence-corrected chi connectivity index (χ0v) is 10.1. The van der Waals surface area contributed by atoms with Crippen molar-refractivity contribution in [2.24, 2.45) is 0 Å². The number of hydrazine groups is 1. The highest BCUT2D eigenvalue weighted by atomic mass is 35.5. The molecule has 0 spiro atoms. The van der Waals surface area contributed by atoms with E-state index in [2.05, 4.69) is 9.80 Å². The van der Waals surface area contributed by atoms with Crippen molar-refractivity contribution in [1.29, 1.82) is 0 Å². The van der Waals surface area contributed by atoms with E-state index in [1.54, 1.807) is 0 Å². The predicted molar refractivity (Wildman–Crippen MR) is 60.4 cm³/mol. The fraction of sp³-hybridized carbons (Fsp3) is 0.500. The van der Waals surface area contributed by atoms with E-state index >= 15 is 0 Å². The smallest absolute Gasteiger partial charge is 0.278 e. The molecule has 0 atom stereocenters. The van der Waals surface area contributed by atoms with Gasteiger partial charge in [-0.1, -0.05) is 23.2 Å².